The Morgan fingerprint density at radius 2 is 1.54 bits per heavy atom. The average molecular weight is 514 g/mol. The summed E-state index contributed by atoms with van der Waals surface area (Å²) in [5.74, 6) is 0.207. The fourth-order valence-electron chi connectivity index (χ4n) is 3.63. The number of methoxy groups -OCH3 is 3. The quantitative estimate of drug-likeness (QED) is 0.332. The number of fused-ring (bicyclic) bond motifs is 1. The smallest absolute Gasteiger partial charge is 0.416 e. The van der Waals surface area contributed by atoms with Gasteiger partial charge in [0.05, 0.1) is 43.5 Å². The van der Waals surface area contributed by atoms with Gasteiger partial charge in [-0.15, -0.1) is 0 Å². The third kappa shape index (κ3) is 5.30. The van der Waals surface area contributed by atoms with Gasteiger partial charge in [0, 0.05) is 18.2 Å². The Balaban J connectivity index is 1.76. The molecule has 0 aliphatic rings. The van der Waals surface area contributed by atoms with Gasteiger partial charge in [0.25, 0.3) is 5.91 Å². The highest BCUT2D eigenvalue weighted by atomic mass is 19.4. The maximum atomic E-state index is 13.4. The molecule has 0 aliphatic heterocycles. The fraction of sp³-hybridized carbons (Fsp3) is 0.154. The van der Waals surface area contributed by atoms with Gasteiger partial charge >= 0.3 is 6.18 Å². The van der Waals surface area contributed by atoms with Crippen LogP contribution >= 0.6 is 0 Å². The Hall–Kier alpha value is -4.67. The Kier molecular flexibility index (Phi) is 6.96. The van der Waals surface area contributed by atoms with E-state index in [2.05, 4.69) is 10.3 Å². The lowest BCUT2D eigenvalue weighted by Gasteiger charge is -2.16. The Morgan fingerprint density at radius 3 is 2.19 bits per heavy atom. The minimum atomic E-state index is -4.67. The van der Waals surface area contributed by atoms with Gasteiger partial charge in [-0.3, -0.25) is 9.59 Å². The van der Waals surface area contributed by atoms with Crippen molar-refractivity contribution in [3.05, 3.63) is 82.1 Å². The van der Waals surface area contributed by atoms with Crippen molar-refractivity contribution in [2.24, 2.45) is 0 Å². The first kappa shape index (κ1) is 25.4. The number of benzene rings is 3. The molecule has 1 aromatic heterocycles. The molecular formula is C26H21F3N2O6. The van der Waals surface area contributed by atoms with E-state index in [0.29, 0.717) is 11.5 Å². The number of para-hydroxylation sites is 2. The van der Waals surface area contributed by atoms with Crippen LogP contribution in [0.5, 0.6) is 28.7 Å². The minimum Gasteiger partial charge on any atom is -0.497 e. The van der Waals surface area contributed by atoms with E-state index < -0.39 is 23.1 Å². The van der Waals surface area contributed by atoms with Gasteiger partial charge < -0.3 is 29.2 Å². The zero-order valence-corrected chi connectivity index (χ0v) is 19.9. The lowest BCUT2D eigenvalue weighted by atomic mass is 10.1. The summed E-state index contributed by atoms with van der Waals surface area (Å²) < 4.78 is 61.7. The van der Waals surface area contributed by atoms with E-state index in [1.165, 1.54) is 33.5 Å². The fourth-order valence-corrected chi connectivity index (χ4v) is 3.63. The van der Waals surface area contributed by atoms with Gasteiger partial charge in [-0.2, -0.15) is 13.2 Å². The normalized spacial score (nSPS) is 11.2. The van der Waals surface area contributed by atoms with Crippen molar-refractivity contribution in [1.29, 1.82) is 0 Å². The molecule has 0 spiro atoms. The molecule has 0 bridgehead atoms. The second-order valence-electron chi connectivity index (χ2n) is 7.72. The van der Waals surface area contributed by atoms with E-state index in [1.54, 1.807) is 24.3 Å². The molecular weight excluding hydrogens is 493 g/mol. The SMILES string of the molecule is COc1cc(OC)c2c(=O)cc(C(=O)Nc3cc(C(F)(F)F)ccc3Oc3ccccc3OC)[nH]c2c1. The van der Waals surface area contributed by atoms with Crippen LogP contribution in [0.15, 0.2) is 65.5 Å². The van der Waals surface area contributed by atoms with Gasteiger partial charge in [-0.25, -0.2) is 0 Å². The highest BCUT2D eigenvalue weighted by Gasteiger charge is 2.31. The number of ether oxygens (including phenoxy) is 4. The minimum absolute atomic E-state index is 0.0719. The van der Waals surface area contributed by atoms with Crippen LogP contribution in [-0.2, 0) is 6.18 Å². The zero-order valence-electron chi connectivity index (χ0n) is 19.9. The molecule has 4 aromatic rings. The molecule has 0 fully saturated rings. The van der Waals surface area contributed by atoms with Crippen molar-refractivity contribution in [1.82, 2.24) is 4.98 Å². The van der Waals surface area contributed by atoms with Crippen molar-refractivity contribution >= 4 is 22.5 Å². The number of nitrogens with one attached hydrogen (secondary N) is 2. The third-order valence-electron chi connectivity index (χ3n) is 5.41. The maximum absolute atomic E-state index is 13.4. The second-order valence-corrected chi connectivity index (χ2v) is 7.72. The Bertz CT molecular complexity index is 1530. The first-order chi connectivity index (χ1) is 17.6. The van der Waals surface area contributed by atoms with Crippen LogP contribution in [0.4, 0.5) is 18.9 Å². The molecule has 3 aromatic carbocycles. The van der Waals surface area contributed by atoms with E-state index in [0.717, 1.165) is 24.3 Å². The van der Waals surface area contributed by atoms with Crippen molar-refractivity contribution in [2.75, 3.05) is 26.6 Å². The van der Waals surface area contributed by atoms with Crippen LogP contribution in [0.2, 0.25) is 0 Å². The molecule has 0 atom stereocenters. The number of aromatic amines is 1. The summed E-state index contributed by atoms with van der Waals surface area (Å²) in [4.78, 5) is 28.7. The third-order valence-corrected chi connectivity index (χ3v) is 5.41. The molecule has 0 aliphatic carbocycles. The first-order valence-electron chi connectivity index (χ1n) is 10.8. The Morgan fingerprint density at radius 1 is 0.838 bits per heavy atom. The van der Waals surface area contributed by atoms with E-state index in [-0.39, 0.29) is 39.5 Å². The van der Waals surface area contributed by atoms with Crippen LogP contribution in [0.1, 0.15) is 16.1 Å². The zero-order chi connectivity index (χ0) is 26.7. The number of pyridine rings is 1. The number of amides is 1. The molecule has 2 N–H and O–H groups in total. The van der Waals surface area contributed by atoms with Crippen LogP contribution in [0.25, 0.3) is 10.9 Å². The predicted octanol–water partition coefficient (Wildman–Crippen LogP) is 5.62. The standard InChI is InChI=1S/C26H21F3N2O6/c1-34-15-11-17-24(23(12-15)36-3)19(32)13-18(30-17)25(33)31-16-10-14(26(27,28)29)8-9-20(16)37-22-7-5-4-6-21(22)35-2/h4-13H,1-3H3,(H,30,32)(H,31,33). The molecule has 11 heteroatoms. The molecule has 8 nitrogen and oxygen atoms in total. The monoisotopic (exact) mass is 514 g/mol. The molecule has 4 rings (SSSR count). The topological polar surface area (TPSA) is 98.9 Å². The number of carbonyl (C=O) groups is 1. The average Bonchev–Trinajstić information content (AvgIpc) is 2.88. The van der Waals surface area contributed by atoms with Crippen LogP contribution in [0.3, 0.4) is 0 Å². The summed E-state index contributed by atoms with van der Waals surface area (Å²) in [5, 5.41) is 2.59. The number of H-pyrrole nitrogens is 1. The molecule has 37 heavy (non-hydrogen) atoms. The van der Waals surface area contributed by atoms with Crippen molar-refractivity contribution in [3.8, 4) is 28.7 Å². The van der Waals surface area contributed by atoms with E-state index in [4.69, 9.17) is 18.9 Å². The number of halogens is 3. The van der Waals surface area contributed by atoms with Crippen molar-refractivity contribution in [3.63, 3.8) is 0 Å². The van der Waals surface area contributed by atoms with Crippen LogP contribution < -0.4 is 29.7 Å². The number of hydrogen-bond acceptors (Lipinski definition) is 6. The van der Waals surface area contributed by atoms with Gasteiger partial charge in [0.15, 0.2) is 22.7 Å². The van der Waals surface area contributed by atoms with E-state index in [1.807, 2.05) is 0 Å². The van der Waals surface area contributed by atoms with Crippen LogP contribution in [-0.4, -0.2) is 32.2 Å². The number of aromatic nitrogens is 1. The Labute approximate surface area is 208 Å². The maximum Gasteiger partial charge on any atom is 0.416 e. The number of hydrogen-bond donors (Lipinski definition) is 2. The number of alkyl halides is 3. The van der Waals surface area contributed by atoms with Crippen molar-refractivity contribution < 1.29 is 36.9 Å². The van der Waals surface area contributed by atoms with Crippen molar-refractivity contribution in [2.45, 2.75) is 6.18 Å². The van der Waals surface area contributed by atoms with Gasteiger partial charge in [-0.1, -0.05) is 12.1 Å². The first-order valence-corrected chi connectivity index (χ1v) is 10.8. The molecule has 0 radical (unpaired) electrons. The number of rotatable bonds is 7. The molecule has 1 amide bonds. The second kappa shape index (κ2) is 10.1. The lowest BCUT2D eigenvalue weighted by Crippen LogP contribution is -2.18. The highest BCUT2D eigenvalue weighted by Crippen LogP contribution is 2.39. The predicted molar refractivity (Wildman–Crippen MR) is 130 cm³/mol. The summed E-state index contributed by atoms with van der Waals surface area (Å²) in [6, 6.07) is 13.2. The summed E-state index contributed by atoms with van der Waals surface area (Å²) in [7, 11) is 4.22. The largest absolute Gasteiger partial charge is 0.497 e. The van der Waals surface area contributed by atoms with E-state index >= 15 is 0 Å². The number of anilines is 1. The molecule has 0 saturated heterocycles. The number of carbonyl (C=O) groups excluding carboxylic acids is 1. The molecule has 0 saturated carbocycles. The summed E-state index contributed by atoms with van der Waals surface area (Å²) in [5.41, 5.74) is -1.77. The van der Waals surface area contributed by atoms with Gasteiger partial charge in [0.1, 0.15) is 17.2 Å². The van der Waals surface area contributed by atoms with Gasteiger partial charge in [-0.05, 0) is 30.3 Å². The van der Waals surface area contributed by atoms with Crippen LogP contribution in [0, 0.1) is 0 Å². The summed E-state index contributed by atoms with van der Waals surface area (Å²) >= 11 is 0. The molecule has 1 heterocycles. The van der Waals surface area contributed by atoms with E-state index in [9.17, 15) is 22.8 Å². The molecule has 192 valence electrons. The molecule has 0 unspecified atom stereocenters. The lowest BCUT2D eigenvalue weighted by molar-refractivity contribution is -0.137. The summed E-state index contributed by atoms with van der Waals surface area (Å²) in [6.45, 7) is 0. The summed E-state index contributed by atoms with van der Waals surface area (Å²) in [6.07, 6.45) is -4.67. The van der Waals surface area contributed by atoms with Gasteiger partial charge in [0.2, 0.25) is 0 Å². The highest BCUT2D eigenvalue weighted by molar-refractivity contribution is 6.05.